The quantitative estimate of drug-likeness (QED) is 0.664. The van der Waals surface area contributed by atoms with Crippen molar-refractivity contribution >= 4 is 37.8 Å². The lowest BCUT2D eigenvalue weighted by molar-refractivity contribution is -0.120. The van der Waals surface area contributed by atoms with Crippen LogP contribution in [-0.2, 0) is 14.8 Å². The molecule has 1 rings (SSSR count). The summed E-state index contributed by atoms with van der Waals surface area (Å²) in [4.78, 5) is 23.7. The minimum atomic E-state index is -3.66. The van der Waals surface area contributed by atoms with E-state index in [1.807, 2.05) is 0 Å². The number of likely N-dealkylation sites (N-methyl/N-ethyl adjacent to an activating group) is 1. The maximum atomic E-state index is 12.5. The van der Waals surface area contributed by atoms with Gasteiger partial charge in [-0.2, -0.15) is 4.31 Å². The highest BCUT2D eigenvalue weighted by Gasteiger charge is 2.23. The minimum absolute atomic E-state index is 0.0394. The van der Waals surface area contributed by atoms with Crippen LogP contribution in [0.25, 0.3) is 0 Å². The predicted molar refractivity (Wildman–Crippen MR) is 95.3 cm³/mol. The maximum Gasteiger partial charge on any atom is 0.252 e. The van der Waals surface area contributed by atoms with Crippen LogP contribution in [0.5, 0.6) is 0 Å². The third-order valence-corrected chi connectivity index (χ3v) is 6.05. The van der Waals surface area contributed by atoms with Crippen LogP contribution in [0.1, 0.15) is 31.1 Å². The van der Waals surface area contributed by atoms with Crippen LogP contribution in [0.4, 0.5) is 0 Å². The number of hydrogen-bond acceptors (Lipinski definition) is 4. The SMILES string of the molecule is CCNC(=O)CNC(=O)c1cc(S(=O)(=O)N(CC)CC)ccc1Br. The first kappa shape index (κ1) is 20.6. The molecule has 9 heteroatoms. The Hall–Kier alpha value is -1.45. The molecule has 0 radical (unpaired) electrons. The Kier molecular flexibility index (Phi) is 7.85. The summed E-state index contributed by atoms with van der Waals surface area (Å²) in [6, 6.07) is 4.26. The van der Waals surface area contributed by atoms with E-state index in [0.29, 0.717) is 24.1 Å². The van der Waals surface area contributed by atoms with E-state index in [4.69, 9.17) is 0 Å². The van der Waals surface area contributed by atoms with E-state index in [1.165, 1.54) is 22.5 Å². The van der Waals surface area contributed by atoms with E-state index in [0.717, 1.165) is 0 Å². The first-order valence-corrected chi connectivity index (χ1v) is 9.85. The third kappa shape index (κ3) is 5.02. The lowest BCUT2D eigenvalue weighted by atomic mass is 10.2. The zero-order valence-corrected chi connectivity index (χ0v) is 16.3. The van der Waals surface area contributed by atoms with Crippen LogP contribution < -0.4 is 10.6 Å². The fraction of sp³-hybridized carbons (Fsp3) is 0.467. The normalized spacial score (nSPS) is 11.4. The van der Waals surface area contributed by atoms with Gasteiger partial charge in [-0.1, -0.05) is 13.8 Å². The Morgan fingerprint density at radius 3 is 2.29 bits per heavy atom. The number of sulfonamides is 1. The summed E-state index contributed by atoms with van der Waals surface area (Å²) >= 11 is 3.24. The summed E-state index contributed by atoms with van der Waals surface area (Å²) in [5.41, 5.74) is 0.160. The molecule has 0 aromatic heterocycles. The van der Waals surface area contributed by atoms with Gasteiger partial charge < -0.3 is 10.6 Å². The van der Waals surface area contributed by atoms with Crippen molar-refractivity contribution < 1.29 is 18.0 Å². The molecule has 0 spiro atoms. The van der Waals surface area contributed by atoms with Gasteiger partial charge in [0, 0.05) is 24.1 Å². The van der Waals surface area contributed by atoms with Crippen LogP contribution in [0.2, 0.25) is 0 Å². The predicted octanol–water partition coefficient (Wildman–Crippen LogP) is 1.35. The van der Waals surface area contributed by atoms with Gasteiger partial charge >= 0.3 is 0 Å². The van der Waals surface area contributed by atoms with Gasteiger partial charge in [0.2, 0.25) is 15.9 Å². The molecule has 0 atom stereocenters. The number of rotatable bonds is 8. The summed E-state index contributed by atoms with van der Waals surface area (Å²) < 4.78 is 26.9. The summed E-state index contributed by atoms with van der Waals surface area (Å²) in [5.74, 6) is -0.835. The number of amides is 2. The Labute approximate surface area is 151 Å². The average Bonchev–Trinajstić information content (AvgIpc) is 2.54. The molecule has 0 saturated heterocycles. The van der Waals surface area contributed by atoms with Gasteiger partial charge in [-0.05, 0) is 41.1 Å². The molecule has 0 heterocycles. The number of carbonyl (C=O) groups excluding carboxylic acids is 2. The van der Waals surface area contributed by atoms with E-state index in [2.05, 4.69) is 26.6 Å². The summed E-state index contributed by atoms with van der Waals surface area (Å²) in [6.07, 6.45) is 0. The summed E-state index contributed by atoms with van der Waals surface area (Å²) in [5, 5.41) is 5.04. The van der Waals surface area contributed by atoms with Crippen LogP contribution in [0.15, 0.2) is 27.6 Å². The highest BCUT2D eigenvalue weighted by atomic mass is 79.9. The molecule has 7 nitrogen and oxygen atoms in total. The van der Waals surface area contributed by atoms with E-state index in [-0.39, 0.29) is 22.9 Å². The standard InChI is InChI=1S/C15H22BrN3O4S/c1-4-17-14(20)10-18-15(21)12-9-11(7-8-13(12)16)24(22,23)19(5-2)6-3/h7-9H,4-6,10H2,1-3H3,(H,17,20)(H,18,21). The maximum absolute atomic E-state index is 12.5. The smallest absolute Gasteiger partial charge is 0.252 e. The lowest BCUT2D eigenvalue weighted by Gasteiger charge is -2.19. The molecule has 0 aliphatic carbocycles. The second kappa shape index (κ2) is 9.14. The van der Waals surface area contributed by atoms with Gasteiger partial charge in [-0.3, -0.25) is 9.59 Å². The van der Waals surface area contributed by atoms with Gasteiger partial charge in [0.25, 0.3) is 5.91 Å². The molecule has 134 valence electrons. The molecule has 0 bridgehead atoms. The molecule has 1 aromatic carbocycles. The van der Waals surface area contributed by atoms with Crippen molar-refractivity contribution in [3.8, 4) is 0 Å². The fourth-order valence-corrected chi connectivity index (χ4v) is 3.98. The molecule has 24 heavy (non-hydrogen) atoms. The monoisotopic (exact) mass is 419 g/mol. The van der Waals surface area contributed by atoms with E-state index < -0.39 is 15.9 Å². The Morgan fingerprint density at radius 2 is 1.75 bits per heavy atom. The van der Waals surface area contributed by atoms with Gasteiger partial charge in [-0.15, -0.1) is 0 Å². The van der Waals surface area contributed by atoms with Crippen LogP contribution in [0, 0.1) is 0 Å². The zero-order valence-electron chi connectivity index (χ0n) is 13.9. The summed E-state index contributed by atoms with van der Waals surface area (Å²) in [6.45, 7) is 6.25. The van der Waals surface area contributed by atoms with Crippen LogP contribution >= 0.6 is 15.9 Å². The highest BCUT2D eigenvalue weighted by molar-refractivity contribution is 9.10. The molecule has 1 aromatic rings. The Morgan fingerprint density at radius 1 is 1.12 bits per heavy atom. The average molecular weight is 420 g/mol. The molecule has 0 aliphatic heterocycles. The van der Waals surface area contributed by atoms with Crippen molar-refractivity contribution in [3.05, 3.63) is 28.2 Å². The van der Waals surface area contributed by atoms with Crippen molar-refractivity contribution in [1.29, 1.82) is 0 Å². The molecular formula is C15H22BrN3O4S. The first-order chi connectivity index (χ1) is 11.3. The molecule has 0 fully saturated rings. The topological polar surface area (TPSA) is 95.6 Å². The van der Waals surface area contributed by atoms with Gasteiger partial charge in [-0.25, -0.2) is 8.42 Å². The van der Waals surface area contributed by atoms with Crippen molar-refractivity contribution in [3.63, 3.8) is 0 Å². The van der Waals surface area contributed by atoms with Crippen molar-refractivity contribution in [2.75, 3.05) is 26.2 Å². The zero-order chi connectivity index (χ0) is 18.3. The Bertz CT molecular complexity index is 703. The molecule has 0 unspecified atom stereocenters. The van der Waals surface area contributed by atoms with Crippen LogP contribution in [0.3, 0.4) is 0 Å². The minimum Gasteiger partial charge on any atom is -0.355 e. The van der Waals surface area contributed by atoms with Crippen LogP contribution in [-0.4, -0.2) is 50.7 Å². The number of halogens is 1. The number of benzene rings is 1. The Balaban J connectivity index is 3.06. The fourth-order valence-electron chi connectivity index (χ4n) is 2.07. The van der Waals surface area contributed by atoms with E-state index in [1.54, 1.807) is 20.8 Å². The van der Waals surface area contributed by atoms with Crippen molar-refractivity contribution in [2.24, 2.45) is 0 Å². The van der Waals surface area contributed by atoms with Gasteiger partial charge in [0.05, 0.1) is 17.0 Å². The summed E-state index contributed by atoms with van der Waals surface area (Å²) in [7, 11) is -3.66. The number of nitrogens with one attached hydrogen (secondary N) is 2. The first-order valence-electron chi connectivity index (χ1n) is 7.62. The molecule has 0 saturated carbocycles. The van der Waals surface area contributed by atoms with E-state index >= 15 is 0 Å². The second-order valence-corrected chi connectivity index (χ2v) is 7.66. The largest absolute Gasteiger partial charge is 0.355 e. The third-order valence-electron chi connectivity index (χ3n) is 3.31. The van der Waals surface area contributed by atoms with Crippen molar-refractivity contribution in [1.82, 2.24) is 14.9 Å². The molecule has 2 amide bonds. The molecule has 0 aliphatic rings. The van der Waals surface area contributed by atoms with Crippen molar-refractivity contribution in [2.45, 2.75) is 25.7 Å². The highest BCUT2D eigenvalue weighted by Crippen LogP contribution is 2.23. The van der Waals surface area contributed by atoms with E-state index in [9.17, 15) is 18.0 Å². The van der Waals surface area contributed by atoms with Gasteiger partial charge in [0.15, 0.2) is 0 Å². The lowest BCUT2D eigenvalue weighted by Crippen LogP contribution is -2.37. The number of nitrogens with zero attached hydrogens (tertiary/aromatic N) is 1. The molecule has 2 N–H and O–H groups in total. The van der Waals surface area contributed by atoms with Gasteiger partial charge in [0.1, 0.15) is 0 Å². The second-order valence-electron chi connectivity index (χ2n) is 4.87. The molecular weight excluding hydrogens is 398 g/mol. The number of carbonyl (C=O) groups is 2. The number of hydrogen-bond donors (Lipinski definition) is 2.